The summed E-state index contributed by atoms with van der Waals surface area (Å²) in [5.74, 6) is -1.78. The molecule has 1 aliphatic heterocycles. The molecule has 0 fully saturated rings. The van der Waals surface area contributed by atoms with Crippen LogP contribution < -0.4 is 10.3 Å². The van der Waals surface area contributed by atoms with E-state index in [1.54, 1.807) is 39.8 Å². The van der Waals surface area contributed by atoms with Crippen molar-refractivity contribution >= 4 is 53.6 Å². The summed E-state index contributed by atoms with van der Waals surface area (Å²) in [5, 5.41) is 5.79. The molecule has 0 spiro atoms. The van der Waals surface area contributed by atoms with Crippen LogP contribution in [0.2, 0.25) is 0 Å². The summed E-state index contributed by atoms with van der Waals surface area (Å²) >= 11 is 1.44. The Bertz CT molecular complexity index is 1500. The summed E-state index contributed by atoms with van der Waals surface area (Å²) in [5.41, 5.74) is 1.49. The minimum atomic E-state index is -1.15. The lowest BCUT2D eigenvalue weighted by atomic mass is 10.0. The zero-order chi connectivity index (χ0) is 33.3. The maximum atomic E-state index is 14.7. The van der Waals surface area contributed by atoms with Crippen molar-refractivity contribution in [2.75, 3.05) is 17.4 Å². The highest BCUT2D eigenvalue weighted by atomic mass is 35.5. The molecule has 3 aromatic rings. The van der Waals surface area contributed by atoms with Gasteiger partial charge in [-0.1, -0.05) is 72.8 Å². The molecule has 3 atom stereocenters. The third-order valence-electron chi connectivity index (χ3n) is 7.33. The van der Waals surface area contributed by atoms with Crippen LogP contribution in [0.3, 0.4) is 0 Å². The van der Waals surface area contributed by atoms with Crippen molar-refractivity contribution in [1.82, 2.24) is 10.3 Å². The number of nitrogens with one attached hydrogen (secondary N) is 1. The number of thioether (sulfide) groups is 1. The fraction of sp³-hybridized carbons (Fsp3) is 0.389. The molecule has 0 saturated heterocycles. The molecule has 1 heterocycles. The van der Waals surface area contributed by atoms with Crippen LogP contribution in [0.25, 0.3) is 0 Å². The first-order chi connectivity index (χ1) is 22.0. The van der Waals surface area contributed by atoms with Gasteiger partial charge in [0, 0.05) is 24.0 Å². The SMILES string of the molecule is CCOC(=O)[C@@H](CCc1ccccc1)NC1CSc2ccccc2N(N(C(C)=O)[C@@H](Cc2ccccc2)C(=O)OC(C)(C)C)C1=O.Cl. The number of fused-ring (bicyclic) bond motifs is 1. The van der Waals surface area contributed by atoms with Gasteiger partial charge < -0.3 is 9.47 Å². The van der Waals surface area contributed by atoms with Gasteiger partial charge in [-0.3, -0.25) is 19.7 Å². The molecule has 11 heteroatoms. The summed E-state index contributed by atoms with van der Waals surface area (Å²) in [4.78, 5) is 56.1. The summed E-state index contributed by atoms with van der Waals surface area (Å²) in [6.07, 6.45) is 1.11. The molecule has 1 aliphatic rings. The van der Waals surface area contributed by atoms with Gasteiger partial charge >= 0.3 is 11.9 Å². The zero-order valence-electron chi connectivity index (χ0n) is 27.5. The van der Waals surface area contributed by atoms with Gasteiger partial charge in [0.2, 0.25) is 5.91 Å². The number of carbonyl (C=O) groups excluding carboxylic acids is 4. The van der Waals surface area contributed by atoms with Gasteiger partial charge in [0.25, 0.3) is 5.91 Å². The first kappa shape index (κ1) is 37.6. The number of ether oxygens (including phenoxy) is 2. The van der Waals surface area contributed by atoms with Crippen LogP contribution in [-0.4, -0.2) is 64.8 Å². The van der Waals surface area contributed by atoms with Crippen LogP contribution in [-0.2, 0) is 41.5 Å². The fourth-order valence-electron chi connectivity index (χ4n) is 5.29. The van der Waals surface area contributed by atoms with E-state index in [2.05, 4.69) is 5.32 Å². The quantitative estimate of drug-likeness (QED) is 0.240. The second kappa shape index (κ2) is 17.3. The minimum absolute atomic E-state index is 0. The van der Waals surface area contributed by atoms with Gasteiger partial charge in [0.05, 0.1) is 18.3 Å². The number of rotatable bonds is 12. The predicted octanol–water partition coefficient (Wildman–Crippen LogP) is 5.79. The third kappa shape index (κ3) is 10.3. The molecule has 9 nitrogen and oxygen atoms in total. The number of hydrazine groups is 1. The molecule has 2 amide bonds. The fourth-order valence-corrected chi connectivity index (χ4v) is 6.36. The molecule has 0 aromatic heterocycles. The Kier molecular flexibility index (Phi) is 13.9. The molecular weight excluding hydrogens is 638 g/mol. The van der Waals surface area contributed by atoms with Crippen molar-refractivity contribution in [2.24, 2.45) is 0 Å². The van der Waals surface area contributed by atoms with E-state index in [4.69, 9.17) is 9.47 Å². The Morgan fingerprint density at radius 3 is 2.13 bits per heavy atom. The van der Waals surface area contributed by atoms with E-state index in [0.717, 1.165) is 16.0 Å². The number of amides is 2. The lowest BCUT2D eigenvalue weighted by molar-refractivity contribution is -0.165. The standard InChI is InChI=1S/C36H43N3O6S.ClH/c1-6-44-34(42)28(22-21-26-15-9-7-10-16-26)37-29-24-46-32-20-14-13-19-30(32)39(33(29)41)38(25(2)40)31(35(43)45-36(3,4)5)23-27-17-11-8-12-18-27;/h7-20,28-29,31,37H,6,21-24H2,1-5H3;1H/t28-,29?,31+;/m1./s1. The summed E-state index contributed by atoms with van der Waals surface area (Å²) in [7, 11) is 0. The van der Waals surface area contributed by atoms with Gasteiger partial charge in [-0.25, -0.2) is 14.8 Å². The molecule has 3 aromatic carbocycles. The molecule has 0 radical (unpaired) electrons. The maximum absolute atomic E-state index is 14.7. The predicted molar refractivity (Wildman–Crippen MR) is 186 cm³/mol. The van der Waals surface area contributed by atoms with Gasteiger partial charge in [0.1, 0.15) is 11.6 Å². The van der Waals surface area contributed by atoms with E-state index in [0.29, 0.717) is 18.5 Å². The number of esters is 2. The van der Waals surface area contributed by atoms with Crippen LogP contribution in [0.1, 0.15) is 52.2 Å². The number of nitrogens with zero attached hydrogens (tertiary/aromatic N) is 2. The molecule has 0 bridgehead atoms. The van der Waals surface area contributed by atoms with Gasteiger partial charge in [-0.05, 0) is 63.8 Å². The molecular formula is C36H44ClN3O6S. The number of aryl methyl sites for hydroxylation is 1. The van der Waals surface area contributed by atoms with Crippen LogP contribution in [0.5, 0.6) is 0 Å². The number of benzene rings is 3. The average molecular weight is 682 g/mol. The van der Waals surface area contributed by atoms with E-state index >= 15 is 0 Å². The zero-order valence-corrected chi connectivity index (χ0v) is 29.1. The molecule has 0 saturated carbocycles. The third-order valence-corrected chi connectivity index (χ3v) is 8.48. The Balaban J connectivity index is 0.00000600. The summed E-state index contributed by atoms with van der Waals surface area (Å²) in [6, 6.07) is 23.5. The van der Waals surface area contributed by atoms with E-state index in [9.17, 15) is 19.2 Å². The van der Waals surface area contributed by atoms with Crippen molar-refractivity contribution in [1.29, 1.82) is 0 Å². The van der Waals surface area contributed by atoms with Gasteiger partial charge in [0.15, 0.2) is 6.04 Å². The van der Waals surface area contributed by atoms with Crippen molar-refractivity contribution in [3.8, 4) is 0 Å². The molecule has 1 unspecified atom stereocenters. The normalized spacial score (nSPS) is 15.7. The number of carbonyl (C=O) groups is 4. The second-order valence-corrected chi connectivity index (χ2v) is 13.1. The lowest BCUT2D eigenvalue weighted by Crippen LogP contribution is -2.63. The smallest absolute Gasteiger partial charge is 0.331 e. The lowest BCUT2D eigenvalue weighted by Gasteiger charge is -2.40. The van der Waals surface area contributed by atoms with Gasteiger partial charge in [-0.15, -0.1) is 24.2 Å². The number of halogens is 1. The van der Waals surface area contributed by atoms with E-state index in [-0.39, 0.29) is 31.2 Å². The number of para-hydroxylation sites is 1. The van der Waals surface area contributed by atoms with Crippen LogP contribution >= 0.6 is 24.2 Å². The monoisotopic (exact) mass is 681 g/mol. The Labute approximate surface area is 287 Å². The highest BCUT2D eigenvalue weighted by Crippen LogP contribution is 2.36. The van der Waals surface area contributed by atoms with Crippen molar-refractivity contribution in [2.45, 2.75) is 82.5 Å². The van der Waals surface area contributed by atoms with Crippen molar-refractivity contribution in [3.05, 3.63) is 96.1 Å². The summed E-state index contributed by atoms with van der Waals surface area (Å²) < 4.78 is 11.2. The number of anilines is 1. The van der Waals surface area contributed by atoms with Crippen LogP contribution in [0.15, 0.2) is 89.8 Å². The van der Waals surface area contributed by atoms with Gasteiger partial charge in [-0.2, -0.15) is 0 Å². The topological polar surface area (TPSA) is 105 Å². The first-order valence-electron chi connectivity index (χ1n) is 15.6. The highest BCUT2D eigenvalue weighted by molar-refractivity contribution is 7.99. The highest BCUT2D eigenvalue weighted by Gasteiger charge is 2.43. The molecule has 0 aliphatic carbocycles. The molecule has 47 heavy (non-hydrogen) atoms. The Morgan fingerprint density at radius 1 is 0.936 bits per heavy atom. The van der Waals surface area contributed by atoms with Crippen molar-refractivity contribution in [3.63, 3.8) is 0 Å². The van der Waals surface area contributed by atoms with Crippen LogP contribution in [0.4, 0.5) is 5.69 Å². The number of hydrogen-bond donors (Lipinski definition) is 1. The average Bonchev–Trinajstić information content (AvgIpc) is 3.15. The summed E-state index contributed by atoms with van der Waals surface area (Å²) in [6.45, 7) is 8.55. The van der Waals surface area contributed by atoms with E-state index in [1.807, 2.05) is 72.8 Å². The minimum Gasteiger partial charge on any atom is -0.465 e. The van der Waals surface area contributed by atoms with E-state index in [1.165, 1.54) is 28.7 Å². The Morgan fingerprint density at radius 2 is 1.53 bits per heavy atom. The number of hydrogen-bond acceptors (Lipinski definition) is 8. The molecule has 1 N–H and O–H groups in total. The molecule has 4 rings (SSSR count). The molecule has 252 valence electrons. The second-order valence-electron chi connectivity index (χ2n) is 12.1. The van der Waals surface area contributed by atoms with Crippen LogP contribution in [0, 0.1) is 0 Å². The maximum Gasteiger partial charge on any atom is 0.331 e. The van der Waals surface area contributed by atoms with Crippen molar-refractivity contribution < 1.29 is 28.7 Å². The first-order valence-corrected chi connectivity index (χ1v) is 16.6. The van der Waals surface area contributed by atoms with E-state index < -0.39 is 47.5 Å². The largest absolute Gasteiger partial charge is 0.465 e. The Hall–Kier alpha value is -3.86.